The van der Waals surface area contributed by atoms with Crippen LogP contribution in [0.5, 0.6) is 5.75 Å². The average Bonchev–Trinajstić information content (AvgIpc) is 2.57. The molecule has 4 N–H and O–H groups in total. The number of halogens is 1. The lowest BCUT2D eigenvalue weighted by Crippen LogP contribution is -2.38. The Hall–Kier alpha value is -2.65. The van der Waals surface area contributed by atoms with Gasteiger partial charge in [0.15, 0.2) is 6.61 Å². The number of nitrogens with zero attached hydrogens (tertiary/aromatic N) is 1. The third-order valence-corrected chi connectivity index (χ3v) is 3.02. The predicted octanol–water partition coefficient (Wildman–Crippen LogP) is -0.193. The first kappa shape index (κ1) is 20.4. The van der Waals surface area contributed by atoms with E-state index in [0.29, 0.717) is 25.1 Å². The number of ether oxygens (including phenoxy) is 2. The quantitative estimate of drug-likeness (QED) is 0.240. The summed E-state index contributed by atoms with van der Waals surface area (Å²) < 4.78 is 9.92. The molecule has 3 amide bonds. The number of hydrogen-bond acceptors (Lipinski definition) is 6. The molecule has 0 atom stereocenters. The van der Waals surface area contributed by atoms with E-state index in [1.165, 1.54) is 18.3 Å². The van der Waals surface area contributed by atoms with E-state index >= 15 is 0 Å². The fourth-order valence-corrected chi connectivity index (χ4v) is 1.82. The lowest BCUT2D eigenvalue weighted by Gasteiger charge is -2.06. The number of primary amides is 1. The Morgan fingerprint density at radius 2 is 2.08 bits per heavy atom. The minimum absolute atomic E-state index is 0.243. The molecule has 0 aliphatic rings. The van der Waals surface area contributed by atoms with Gasteiger partial charge in [0.2, 0.25) is 0 Å². The smallest absolute Gasteiger partial charge is 0.329 e. The number of carbonyl (C=O) groups excluding carboxylic acids is 3. The second-order valence-corrected chi connectivity index (χ2v) is 5.15. The maximum absolute atomic E-state index is 11.5. The Bertz CT molecular complexity index is 651. The van der Waals surface area contributed by atoms with Crippen LogP contribution in [0.15, 0.2) is 23.3 Å². The molecule has 0 aliphatic carbocycles. The molecule has 1 aromatic carbocycles. The van der Waals surface area contributed by atoms with Crippen molar-refractivity contribution in [2.75, 3.05) is 26.9 Å². The zero-order chi connectivity index (χ0) is 18.7. The summed E-state index contributed by atoms with van der Waals surface area (Å²) >= 11 is 5.99. The third-order valence-electron chi connectivity index (χ3n) is 2.72. The Kier molecular flexibility index (Phi) is 8.97. The van der Waals surface area contributed by atoms with Gasteiger partial charge in [-0.05, 0) is 30.2 Å². The lowest BCUT2D eigenvalue weighted by molar-refractivity contribution is -0.139. The molecule has 1 aromatic rings. The second kappa shape index (κ2) is 11.0. The molecule has 10 heteroatoms. The first-order valence-corrected chi connectivity index (χ1v) is 7.62. The standard InChI is InChI=1S/C15H19ClN4O5/c1-24-6-2-5-18-14(22)15(23)20-19-8-10-3-4-12(11(16)7-10)25-9-13(17)21/h3-4,7-8H,2,5-6,9H2,1H3,(H2,17,21)(H,18,22)(H,20,23)/b19-8-. The number of rotatable bonds is 9. The van der Waals surface area contributed by atoms with Gasteiger partial charge in [0, 0.05) is 20.3 Å². The van der Waals surface area contributed by atoms with E-state index < -0.39 is 17.7 Å². The Morgan fingerprint density at radius 1 is 1.32 bits per heavy atom. The highest BCUT2D eigenvalue weighted by atomic mass is 35.5. The number of carbonyl (C=O) groups is 3. The fourth-order valence-electron chi connectivity index (χ4n) is 1.58. The van der Waals surface area contributed by atoms with Gasteiger partial charge in [-0.2, -0.15) is 5.10 Å². The van der Waals surface area contributed by atoms with Gasteiger partial charge < -0.3 is 20.5 Å². The van der Waals surface area contributed by atoms with Crippen LogP contribution in [-0.4, -0.2) is 50.8 Å². The Balaban J connectivity index is 2.47. The molecule has 0 saturated carbocycles. The van der Waals surface area contributed by atoms with Crippen molar-refractivity contribution in [3.8, 4) is 5.75 Å². The number of hydrogen-bond donors (Lipinski definition) is 3. The molecule has 0 saturated heterocycles. The van der Waals surface area contributed by atoms with Gasteiger partial charge in [0.05, 0.1) is 11.2 Å². The summed E-state index contributed by atoms with van der Waals surface area (Å²) in [5.74, 6) is -2.01. The van der Waals surface area contributed by atoms with Gasteiger partial charge in [-0.25, -0.2) is 5.43 Å². The largest absolute Gasteiger partial charge is 0.482 e. The van der Waals surface area contributed by atoms with Gasteiger partial charge in [-0.15, -0.1) is 0 Å². The predicted molar refractivity (Wildman–Crippen MR) is 91.4 cm³/mol. The molecule has 136 valence electrons. The summed E-state index contributed by atoms with van der Waals surface area (Å²) in [6.45, 7) is 0.523. The zero-order valence-electron chi connectivity index (χ0n) is 13.6. The molecule has 1 rings (SSSR count). The molecule has 0 aromatic heterocycles. The SMILES string of the molecule is COCCCNC(=O)C(=O)N/N=C\c1ccc(OCC(N)=O)c(Cl)c1. The molecule has 0 unspecified atom stereocenters. The highest BCUT2D eigenvalue weighted by Gasteiger charge is 2.11. The summed E-state index contributed by atoms with van der Waals surface area (Å²) in [5, 5.41) is 6.34. The topological polar surface area (TPSA) is 132 Å². The van der Waals surface area contributed by atoms with Crippen LogP contribution in [-0.2, 0) is 19.1 Å². The van der Waals surface area contributed by atoms with E-state index in [1.54, 1.807) is 13.2 Å². The average molecular weight is 371 g/mol. The molecule has 0 heterocycles. The third kappa shape index (κ3) is 8.13. The Morgan fingerprint density at radius 3 is 2.72 bits per heavy atom. The van der Waals surface area contributed by atoms with Crippen molar-refractivity contribution in [2.24, 2.45) is 10.8 Å². The van der Waals surface area contributed by atoms with Crippen LogP contribution in [0.2, 0.25) is 5.02 Å². The summed E-state index contributed by atoms with van der Waals surface area (Å²) in [6.07, 6.45) is 1.90. The van der Waals surface area contributed by atoms with Gasteiger partial charge in [-0.1, -0.05) is 11.6 Å². The first-order valence-electron chi connectivity index (χ1n) is 7.25. The highest BCUT2D eigenvalue weighted by molar-refractivity contribution is 6.35. The van der Waals surface area contributed by atoms with Crippen molar-refractivity contribution in [3.05, 3.63) is 28.8 Å². The van der Waals surface area contributed by atoms with Crippen LogP contribution in [0.3, 0.4) is 0 Å². The van der Waals surface area contributed by atoms with E-state index in [1.807, 2.05) is 0 Å². The summed E-state index contributed by atoms with van der Waals surface area (Å²) in [7, 11) is 1.55. The molecule has 0 radical (unpaired) electrons. The number of nitrogens with one attached hydrogen (secondary N) is 2. The van der Waals surface area contributed by atoms with Crippen LogP contribution in [0, 0.1) is 0 Å². The lowest BCUT2D eigenvalue weighted by atomic mass is 10.2. The monoisotopic (exact) mass is 370 g/mol. The van der Waals surface area contributed by atoms with Crippen LogP contribution in [0.25, 0.3) is 0 Å². The van der Waals surface area contributed by atoms with Crippen LogP contribution >= 0.6 is 11.6 Å². The van der Waals surface area contributed by atoms with E-state index in [4.69, 9.17) is 26.8 Å². The van der Waals surface area contributed by atoms with E-state index in [0.717, 1.165) is 0 Å². The molecule has 0 aliphatic heterocycles. The van der Waals surface area contributed by atoms with Crippen molar-refractivity contribution < 1.29 is 23.9 Å². The van der Waals surface area contributed by atoms with Crippen LogP contribution in [0.4, 0.5) is 0 Å². The van der Waals surface area contributed by atoms with Gasteiger partial charge in [-0.3, -0.25) is 14.4 Å². The minimum Gasteiger partial charge on any atom is -0.482 e. The molecule has 0 spiro atoms. The number of amides is 3. The molecule has 0 fully saturated rings. The minimum atomic E-state index is -0.888. The van der Waals surface area contributed by atoms with Crippen molar-refractivity contribution >= 4 is 35.5 Å². The first-order chi connectivity index (χ1) is 11.9. The van der Waals surface area contributed by atoms with Crippen molar-refractivity contribution in [3.63, 3.8) is 0 Å². The normalized spacial score (nSPS) is 10.5. The van der Waals surface area contributed by atoms with Gasteiger partial charge in [0.25, 0.3) is 5.91 Å². The molecule has 25 heavy (non-hydrogen) atoms. The van der Waals surface area contributed by atoms with Crippen LogP contribution < -0.4 is 21.2 Å². The van der Waals surface area contributed by atoms with Crippen molar-refractivity contribution in [1.29, 1.82) is 0 Å². The highest BCUT2D eigenvalue weighted by Crippen LogP contribution is 2.24. The fraction of sp³-hybridized carbons (Fsp3) is 0.333. The Labute approximate surface area is 149 Å². The van der Waals surface area contributed by atoms with Crippen molar-refractivity contribution in [2.45, 2.75) is 6.42 Å². The van der Waals surface area contributed by atoms with Gasteiger partial charge in [0.1, 0.15) is 5.75 Å². The number of nitrogens with two attached hydrogens (primary N) is 1. The maximum atomic E-state index is 11.5. The number of methoxy groups -OCH3 is 1. The number of hydrazone groups is 1. The molecular formula is C15H19ClN4O5. The van der Waals surface area contributed by atoms with Gasteiger partial charge >= 0.3 is 11.8 Å². The zero-order valence-corrected chi connectivity index (χ0v) is 14.3. The van der Waals surface area contributed by atoms with Crippen molar-refractivity contribution in [1.82, 2.24) is 10.7 Å². The summed E-state index contributed by atoms with van der Waals surface area (Å²) in [4.78, 5) is 33.6. The molecule has 9 nitrogen and oxygen atoms in total. The van der Waals surface area contributed by atoms with E-state index in [-0.39, 0.29) is 17.4 Å². The van der Waals surface area contributed by atoms with E-state index in [2.05, 4.69) is 15.8 Å². The van der Waals surface area contributed by atoms with E-state index in [9.17, 15) is 14.4 Å². The molecule has 0 bridgehead atoms. The summed E-state index contributed by atoms with van der Waals surface area (Å²) in [6, 6.07) is 4.64. The molecular weight excluding hydrogens is 352 g/mol. The van der Waals surface area contributed by atoms with Crippen LogP contribution in [0.1, 0.15) is 12.0 Å². The number of benzene rings is 1. The maximum Gasteiger partial charge on any atom is 0.329 e. The summed E-state index contributed by atoms with van der Waals surface area (Å²) in [5.41, 5.74) is 7.63. The second-order valence-electron chi connectivity index (χ2n) is 4.75.